The Kier molecular flexibility index (Phi) is 6.64. The van der Waals surface area contributed by atoms with Crippen molar-refractivity contribution in [1.82, 2.24) is 0 Å². The molecule has 0 rings (SSSR count). The molecule has 0 spiro atoms. The summed E-state index contributed by atoms with van der Waals surface area (Å²) in [4.78, 5) is 4.15. The molecular formula is C9H15NO. The van der Waals surface area contributed by atoms with Gasteiger partial charge >= 0.3 is 0 Å². The summed E-state index contributed by atoms with van der Waals surface area (Å²) in [6.45, 7) is 4.46. The Morgan fingerprint density at radius 3 is 2.55 bits per heavy atom. The molecule has 0 aliphatic rings. The van der Waals surface area contributed by atoms with E-state index in [4.69, 9.17) is 4.74 Å². The van der Waals surface area contributed by atoms with Gasteiger partial charge in [0.15, 0.2) is 0 Å². The predicted molar refractivity (Wildman–Crippen MR) is 48.9 cm³/mol. The third-order valence-electron chi connectivity index (χ3n) is 1.04. The lowest BCUT2D eigenvalue weighted by molar-refractivity contribution is 0.246. The molecule has 62 valence electrons. The van der Waals surface area contributed by atoms with Crippen LogP contribution in [0.4, 0.5) is 0 Å². The number of allylic oxidation sites excluding steroid dienone is 2. The minimum absolute atomic E-state index is 0.564. The van der Waals surface area contributed by atoms with E-state index in [9.17, 15) is 0 Å². The van der Waals surface area contributed by atoms with Crippen molar-refractivity contribution in [2.75, 3.05) is 13.7 Å². The van der Waals surface area contributed by atoms with Gasteiger partial charge in [0.2, 0.25) is 0 Å². The predicted octanol–water partition coefficient (Wildman–Crippen LogP) is 2.18. The van der Waals surface area contributed by atoms with Crippen molar-refractivity contribution in [1.29, 1.82) is 0 Å². The van der Waals surface area contributed by atoms with E-state index >= 15 is 0 Å². The van der Waals surface area contributed by atoms with Gasteiger partial charge in [-0.15, -0.1) is 0 Å². The van der Waals surface area contributed by atoms with Crippen molar-refractivity contribution in [3.63, 3.8) is 0 Å². The Labute approximate surface area is 68.3 Å². The quantitative estimate of drug-likeness (QED) is 0.567. The molecule has 0 aromatic heterocycles. The molecule has 0 aromatic carbocycles. The number of rotatable bonds is 4. The molecule has 11 heavy (non-hydrogen) atoms. The van der Waals surface area contributed by atoms with Crippen LogP contribution in [0, 0.1) is 0 Å². The first-order chi connectivity index (χ1) is 5.35. The molecule has 0 fully saturated rings. The van der Waals surface area contributed by atoms with Gasteiger partial charge in [-0.2, -0.15) is 0 Å². The van der Waals surface area contributed by atoms with Gasteiger partial charge in [-0.1, -0.05) is 12.2 Å². The van der Waals surface area contributed by atoms with E-state index in [1.165, 1.54) is 0 Å². The Balaban J connectivity index is 4.07. The minimum atomic E-state index is 0.564. The summed E-state index contributed by atoms with van der Waals surface area (Å²) in [7, 11) is 1.66. The number of aliphatic imine (C=N–C) groups is 1. The molecule has 0 heterocycles. The first-order valence-corrected chi connectivity index (χ1v) is 3.64. The highest BCUT2D eigenvalue weighted by atomic mass is 16.5. The number of ether oxygens (including phenoxy) is 1. The number of hydrogen-bond acceptors (Lipinski definition) is 2. The van der Waals surface area contributed by atoms with Crippen LogP contribution in [0.2, 0.25) is 0 Å². The average Bonchev–Trinajstić information content (AvgIpc) is 2.01. The van der Waals surface area contributed by atoms with Gasteiger partial charge in [0.1, 0.15) is 0 Å². The topological polar surface area (TPSA) is 21.6 Å². The van der Waals surface area contributed by atoms with Crippen molar-refractivity contribution in [2.45, 2.75) is 13.8 Å². The SMILES string of the molecule is C\C=C/N=C(\C=C/C)COC. The molecule has 2 heteroatoms. The molecule has 2 nitrogen and oxygen atoms in total. The molecule has 0 atom stereocenters. The summed E-state index contributed by atoms with van der Waals surface area (Å²) in [5, 5.41) is 0. The molecule has 0 saturated carbocycles. The fourth-order valence-corrected chi connectivity index (χ4v) is 0.639. The molecule has 0 radical (unpaired) electrons. The van der Waals surface area contributed by atoms with E-state index in [2.05, 4.69) is 4.99 Å². The maximum Gasteiger partial charge on any atom is 0.0883 e. The fraction of sp³-hybridized carbons (Fsp3) is 0.444. The van der Waals surface area contributed by atoms with Crippen LogP contribution in [0.15, 0.2) is 29.4 Å². The molecule has 0 aliphatic carbocycles. The van der Waals surface area contributed by atoms with Gasteiger partial charge < -0.3 is 4.74 Å². The summed E-state index contributed by atoms with van der Waals surface area (Å²) in [6.07, 6.45) is 7.53. The van der Waals surface area contributed by atoms with Gasteiger partial charge in [0.25, 0.3) is 0 Å². The highest BCUT2D eigenvalue weighted by Gasteiger charge is 1.88. The van der Waals surface area contributed by atoms with Crippen LogP contribution in [0.25, 0.3) is 0 Å². The third kappa shape index (κ3) is 5.55. The van der Waals surface area contributed by atoms with Crippen LogP contribution in [0.1, 0.15) is 13.8 Å². The summed E-state index contributed by atoms with van der Waals surface area (Å²) < 4.78 is 4.94. The summed E-state index contributed by atoms with van der Waals surface area (Å²) in [6, 6.07) is 0. The monoisotopic (exact) mass is 153 g/mol. The van der Waals surface area contributed by atoms with Crippen molar-refractivity contribution in [3.05, 3.63) is 24.4 Å². The van der Waals surface area contributed by atoms with E-state index in [1.807, 2.05) is 32.1 Å². The second-order valence-corrected chi connectivity index (χ2v) is 2.04. The normalized spacial score (nSPS) is 13.5. The zero-order chi connectivity index (χ0) is 8.53. The molecular weight excluding hydrogens is 138 g/mol. The number of hydrogen-bond donors (Lipinski definition) is 0. The van der Waals surface area contributed by atoms with E-state index in [0.717, 1.165) is 5.71 Å². The van der Waals surface area contributed by atoms with Crippen LogP contribution in [-0.4, -0.2) is 19.4 Å². The van der Waals surface area contributed by atoms with Crippen LogP contribution >= 0.6 is 0 Å². The summed E-state index contributed by atoms with van der Waals surface area (Å²) in [5.41, 5.74) is 0.938. The third-order valence-corrected chi connectivity index (χ3v) is 1.04. The van der Waals surface area contributed by atoms with Crippen molar-refractivity contribution in [3.8, 4) is 0 Å². The highest BCUT2D eigenvalue weighted by molar-refractivity contribution is 5.96. The maximum atomic E-state index is 4.94. The lowest BCUT2D eigenvalue weighted by Gasteiger charge is -1.95. The number of nitrogens with zero attached hydrogens (tertiary/aromatic N) is 1. The van der Waals surface area contributed by atoms with E-state index in [0.29, 0.717) is 6.61 Å². The Bertz CT molecular complexity index is 168. The first-order valence-electron chi connectivity index (χ1n) is 3.64. The Morgan fingerprint density at radius 1 is 1.36 bits per heavy atom. The molecule has 0 unspecified atom stereocenters. The van der Waals surface area contributed by atoms with Gasteiger partial charge in [0, 0.05) is 13.3 Å². The van der Waals surface area contributed by atoms with E-state index in [-0.39, 0.29) is 0 Å². The Morgan fingerprint density at radius 2 is 2.09 bits per heavy atom. The van der Waals surface area contributed by atoms with Crippen LogP contribution < -0.4 is 0 Å². The van der Waals surface area contributed by atoms with Crippen molar-refractivity contribution >= 4 is 5.71 Å². The Hall–Kier alpha value is -0.890. The average molecular weight is 153 g/mol. The highest BCUT2D eigenvalue weighted by Crippen LogP contribution is 1.85. The number of methoxy groups -OCH3 is 1. The lowest BCUT2D eigenvalue weighted by atomic mass is 10.3. The molecule has 0 aliphatic heterocycles. The maximum absolute atomic E-state index is 4.94. The van der Waals surface area contributed by atoms with Crippen molar-refractivity contribution < 1.29 is 4.74 Å². The van der Waals surface area contributed by atoms with Gasteiger partial charge in [-0.3, -0.25) is 4.99 Å². The largest absolute Gasteiger partial charge is 0.378 e. The fourth-order valence-electron chi connectivity index (χ4n) is 0.639. The van der Waals surface area contributed by atoms with Gasteiger partial charge in [-0.25, -0.2) is 0 Å². The van der Waals surface area contributed by atoms with E-state index in [1.54, 1.807) is 13.3 Å². The summed E-state index contributed by atoms with van der Waals surface area (Å²) in [5.74, 6) is 0. The zero-order valence-corrected chi connectivity index (χ0v) is 7.37. The second kappa shape index (κ2) is 7.22. The molecule has 0 amide bonds. The van der Waals surface area contributed by atoms with Crippen LogP contribution in [0.3, 0.4) is 0 Å². The molecule has 0 N–H and O–H groups in total. The van der Waals surface area contributed by atoms with Crippen LogP contribution in [-0.2, 0) is 4.74 Å². The minimum Gasteiger partial charge on any atom is -0.378 e. The summed E-state index contributed by atoms with van der Waals surface area (Å²) >= 11 is 0. The zero-order valence-electron chi connectivity index (χ0n) is 7.37. The lowest BCUT2D eigenvalue weighted by Crippen LogP contribution is -2.02. The van der Waals surface area contributed by atoms with Crippen molar-refractivity contribution in [2.24, 2.45) is 4.99 Å². The van der Waals surface area contributed by atoms with E-state index < -0.39 is 0 Å². The smallest absolute Gasteiger partial charge is 0.0883 e. The van der Waals surface area contributed by atoms with Gasteiger partial charge in [-0.05, 0) is 19.9 Å². The molecule has 0 aromatic rings. The standard InChI is InChI=1S/C9H15NO/c1-4-6-9(8-11-3)10-7-5-2/h4-7H,8H2,1-3H3/b6-4-,7-5-,10-9+. The van der Waals surface area contributed by atoms with Gasteiger partial charge in [0.05, 0.1) is 12.3 Å². The molecule has 0 bridgehead atoms. The second-order valence-electron chi connectivity index (χ2n) is 2.04. The first kappa shape index (κ1) is 10.1. The van der Waals surface area contributed by atoms with Crippen LogP contribution in [0.5, 0.6) is 0 Å². The molecule has 0 saturated heterocycles.